The lowest BCUT2D eigenvalue weighted by atomic mass is 9.92. The maximum Gasteiger partial charge on any atom is 0.294 e. The molecule has 2 amide bonds. The minimum atomic E-state index is -0.532. The first-order valence-electron chi connectivity index (χ1n) is 9.55. The molecule has 1 N–H and O–H groups in total. The monoisotopic (exact) mass is 423 g/mol. The summed E-state index contributed by atoms with van der Waals surface area (Å²) < 4.78 is 0. The summed E-state index contributed by atoms with van der Waals surface area (Å²) in [5.74, 6) is -0.885. The molecule has 0 spiro atoms. The van der Waals surface area contributed by atoms with Gasteiger partial charge < -0.3 is 5.32 Å². The van der Waals surface area contributed by atoms with E-state index in [-0.39, 0.29) is 29.4 Å². The van der Waals surface area contributed by atoms with Gasteiger partial charge in [0.2, 0.25) is 0 Å². The number of nitrogens with one attached hydrogen (secondary N) is 1. The zero-order chi connectivity index (χ0) is 21.4. The first-order valence-corrected chi connectivity index (χ1v) is 9.93. The Balaban J connectivity index is 1.96. The standard InChI is InChI=1S/C22H18ClN3O4/c1-2-3-10-25-21(27)16-9-5-8-15-19(16)17(22(25)28)12-18(26(29)30)20(15)24-14-7-4-6-13(23)11-14/h4-9,11-12,24H,2-3,10H2,1H3. The lowest BCUT2D eigenvalue weighted by Crippen LogP contribution is -2.40. The fourth-order valence-electron chi connectivity index (χ4n) is 3.71. The Morgan fingerprint density at radius 2 is 1.80 bits per heavy atom. The number of rotatable bonds is 6. The predicted octanol–water partition coefficient (Wildman–Crippen LogP) is 5.54. The van der Waals surface area contributed by atoms with E-state index in [0.29, 0.717) is 33.5 Å². The lowest BCUT2D eigenvalue weighted by Gasteiger charge is -2.27. The third-order valence-corrected chi connectivity index (χ3v) is 5.35. The van der Waals surface area contributed by atoms with E-state index in [2.05, 4.69) is 5.32 Å². The van der Waals surface area contributed by atoms with Crippen molar-refractivity contribution < 1.29 is 14.5 Å². The van der Waals surface area contributed by atoms with Gasteiger partial charge in [0.1, 0.15) is 5.69 Å². The Bertz CT molecular complexity index is 1210. The van der Waals surface area contributed by atoms with Crippen LogP contribution in [0.4, 0.5) is 17.1 Å². The molecule has 0 saturated heterocycles. The van der Waals surface area contributed by atoms with Crippen LogP contribution in [0.1, 0.15) is 40.5 Å². The molecule has 0 atom stereocenters. The van der Waals surface area contributed by atoms with E-state index in [1.165, 1.54) is 11.0 Å². The van der Waals surface area contributed by atoms with Crippen molar-refractivity contribution in [3.63, 3.8) is 0 Å². The van der Waals surface area contributed by atoms with Crippen molar-refractivity contribution in [2.24, 2.45) is 0 Å². The number of nitro benzene ring substituents is 1. The molecule has 1 aliphatic rings. The average molecular weight is 424 g/mol. The molecule has 8 heteroatoms. The summed E-state index contributed by atoms with van der Waals surface area (Å²) in [5, 5.41) is 16.3. The first-order chi connectivity index (χ1) is 14.4. The van der Waals surface area contributed by atoms with Crippen molar-refractivity contribution >= 4 is 51.2 Å². The second kappa shape index (κ2) is 7.76. The average Bonchev–Trinajstić information content (AvgIpc) is 2.72. The van der Waals surface area contributed by atoms with Crippen LogP contribution in [0, 0.1) is 10.1 Å². The summed E-state index contributed by atoms with van der Waals surface area (Å²) in [5.41, 5.74) is 1.06. The van der Waals surface area contributed by atoms with E-state index in [1.54, 1.807) is 42.5 Å². The van der Waals surface area contributed by atoms with Crippen LogP contribution in [0.15, 0.2) is 48.5 Å². The Kier molecular flexibility index (Phi) is 5.13. The number of halogens is 1. The second-order valence-corrected chi connectivity index (χ2v) is 7.49. The normalized spacial score (nSPS) is 13.1. The molecule has 7 nitrogen and oxygen atoms in total. The third kappa shape index (κ3) is 3.27. The molecule has 0 radical (unpaired) electrons. The molecule has 152 valence electrons. The van der Waals surface area contributed by atoms with Gasteiger partial charge in [-0.25, -0.2) is 0 Å². The summed E-state index contributed by atoms with van der Waals surface area (Å²) in [7, 11) is 0. The van der Waals surface area contributed by atoms with Crippen LogP contribution in [0.2, 0.25) is 5.02 Å². The van der Waals surface area contributed by atoms with Crippen molar-refractivity contribution in [3.05, 3.63) is 74.8 Å². The molecule has 4 rings (SSSR count). The van der Waals surface area contributed by atoms with E-state index in [0.717, 1.165) is 6.42 Å². The Labute approximate surface area is 177 Å². The number of imide groups is 1. The highest BCUT2D eigenvalue weighted by Crippen LogP contribution is 2.41. The number of nitrogens with zero attached hydrogens (tertiary/aromatic N) is 2. The summed E-state index contributed by atoms with van der Waals surface area (Å²) in [6, 6.07) is 13.0. The Hall–Kier alpha value is -3.45. The summed E-state index contributed by atoms with van der Waals surface area (Å²) in [6.45, 7) is 2.24. The van der Waals surface area contributed by atoms with E-state index in [4.69, 9.17) is 11.6 Å². The van der Waals surface area contributed by atoms with Crippen LogP contribution in [0.5, 0.6) is 0 Å². The van der Waals surface area contributed by atoms with E-state index in [1.807, 2.05) is 6.92 Å². The molecule has 0 saturated carbocycles. The number of hydrogen-bond acceptors (Lipinski definition) is 5. The predicted molar refractivity (Wildman–Crippen MR) is 116 cm³/mol. The van der Waals surface area contributed by atoms with Crippen LogP contribution in [0.3, 0.4) is 0 Å². The molecule has 0 bridgehead atoms. The van der Waals surface area contributed by atoms with Gasteiger partial charge in [-0.15, -0.1) is 0 Å². The highest BCUT2D eigenvalue weighted by Gasteiger charge is 2.35. The van der Waals surface area contributed by atoms with E-state index in [9.17, 15) is 19.7 Å². The maximum atomic E-state index is 13.1. The number of hydrogen-bond donors (Lipinski definition) is 1. The fraction of sp³-hybridized carbons (Fsp3) is 0.182. The number of unbranched alkanes of at least 4 members (excludes halogenated alkanes) is 1. The van der Waals surface area contributed by atoms with Crippen LogP contribution in [-0.2, 0) is 0 Å². The molecular formula is C22H18ClN3O4. The zero-order valence-corrected chi connectivity index (χ0v) is 16.9. The molecule has 3 aromatic rings. The van der Waals surface area contributed by atoms with Gasteiger partial charge in [0.25, 0.3) is 17.5 Å². The molecule has 0 aliphatic carbocycles. The maximum absolute atomic E-state index is 13.1. The quantitative estimate of drug-likeness (QED) is 0.319. The second-order valence-electron chi connectivity index (χ2n) is 7.05. The SMILES string of the molecule is CCCCN1C(=O)c2cccc3c(Nc4cccc(Cl)c4)c([N+](=O)[O-])cc(c23)C1=O. The highest BCUT2D eigenvalue weighted by molar-refractivity contribution is 6.31. The Morgan fingerprint density at radius 3 is 2.50 bits per heavy atom. The van der Waals surface area contributed by atoms with E-state index < -0.39 is 10.8 Å². The molecule has 1 aliphatic heterocycles. The highest BCUT2D eigenvalue weighted by atomic mass is 35.5. The van der Waals surface area contributed by atoms with Crippen LogP contribution in [-0.4, -0.2) is 28.2 Å². The number of anilines is 2. The lowest BCUT2D eigenvalue weighted by molar-refractivity contribution is -0.383. The molecular weight excluding hydrogens is 406 g/mol. The number of carbonyl (C=O) groups excluding carboxylic acids is 2. The third-order valence-electron chi connectivity index (χ3n) is 5.12. The summed E-state index contributed by atoms with van der Waals surface area (Å²) >= 11 is 6.04. The minimum absolute atomic E-state index is 0.166. The van der Waals surface area contributed by atoms with Gasteiger partial charge in [-0.2, -0.15) is 0 Å². The summed E-state index contributed by atoms with van der Waals surface area (Å²) in [6.07, 6.45) is 1.48. The number of nitro groups is 1. The number of benzene rings is 3. The van der Waals surface area contributed by atoms with Gasteiger partial charge in [-0.05, 0) is 30.7 Å². The largest absolute Gasteiger partial charge is 0.349 e. The Morgan fingerprint density at radius 1 is 1.07 bits per heavy atom. The fourth-order valence-corrected chi connectivity index (χ4v) is 3.90. The van der Waals surface area contributed by atoms with Gasteiger partial charge in [0.15, 0.2) is 0 Å². The smallest absolute Gasteiger partial charge is 0.294 e. The molecule has 1 heterocycles. The van der Waals surface area contributed by atoms with Gasteiger partial charge in [-0.1, -0.05) is 43.1 Å². The summed E-state index contributed by atoms with van der Waals surface area (Å²) in [4.78, 5) is 38.5. The van der Waals surface area contributed by atoms with Crippen LogP contribution < -0.4 is 5.32 Å². The van der Waals surface area contributed by atoms with Crippen molar-refractivity contribution in [2.75, 3.05) is 11.9 Å². The van der Waals surface area contributed by atoms with Gasteiger partial charge in [-0.3, -0.25) is 24.6 Å². The van der Waals surface area contributed by atoms with E-state index >= 15 is 0 Å². The molecule has 0 fully saturated rings. The molecule has 0 unspecified atom stereocenters. The molecule has 30 heavy (non-hydrogen) atoms. The molecule has 0 aromatic heterocycles. The topological polar surface area (TPSA) is 92.6 Å². The molecule has 3 aromatic carbocycles. The van der Waals surface area contributed by atoms with Crippen molar-refractivity contribution in [1.29, 1.82) is 0 Å². The first kappa shape index (κ1) is 19.8. The number of carbonyl (C=O) groups is 2. The van der Waals surface area contributed by atoms with Gasteiger partial charge in [0, 0.05) is 39.7 Å². The van der Waals surface area contributed by atoms with Crippen LogP contribution in [0.25, 0.3) is 10.8 Å². The number of amides is 2. The minimum Gasteiger partial charge on any atom is -0.349 e. The van der Waals surface area contributed by atoms with Crippen LogP contribution >= 0.6 is 11.6 Å². The zero-order valence-electron chi connectivity index (χ0n) is 16.1. The van der Waals surface area contributed by atoms with Crippen molar-refractivity contribution in [1.82, 2.24) is 4.90 Å². The van der Waals surface area contributed by atoms with Gasteiger partial charge in [0.05, 0.1) is 10.5 Å². The van der Waals surface area contributed by atoms with Gasteiger partial charge >= 0.3 is 0 Å². The van der Waals surface area contributed by atoms with Crippen molar-refractivity contribution in [3.8, 4) is 0 Å². The van der Waals surface area contributed by atoms with Crippen molar-refractivity contribution in [2.45, 2.75) is 19.8 Å².